The average molecular weight is 619 g/mol. The summed E-state index contributed by atoms with van der Waals surface area (Å²) >= 11 is 0. The molecule has 0 aliphatic rings. The molecule has 2 amide bonds. The Hall–Kier alpha value is -5.42. The van der Waals surface area contributed by atoms with Crippen molar-refractivity contribution in [2.75, 3.05) is 7.11 Å². The number of carbonyl (C=O) groups is 2. The van der Waals surface area contributed by atoms with Crippen molar-refractivity contribution in [1.82, 2.24) is 35.4 Å². The van der Waals surface area contributed by atoms with Crippen LogP contribution < -0.4 is 21.1 Å². The maximum Gasteiger partial charge on any atom is 0.240 e. The summed E-state index contributed by atoms with van der Waals surface area (Å²) in [6.45, 7) is 3.73. The van der Waals surface area contributed by atoms with Crippen molar-refractivity contribution in [2.45, 2.75) is 50.9 Å². The summed E-state index contributed by atoms with van der Waals surface area (Å²) in [7, 11) is 1.63. The van der Waals surface area contributed by atoms with E-state index in [0.717, 1.165) is 44.2 Å². The van der Waals surface area contributed by atoms with Gasteiger partial charge in [-0.05, 0) is 54.8 Å². The van der Waals surface area contributed by atoms with E-state index in [1.165, 1.54) is 0 Å². The zero-order chi connectivity index (χ0) is 32.3. The number of nitrogens with zero attached hydrogens (tertiary/aromatic N) is 3. The van der Waals surface area contributed by atoms with Gasteiger partial charge in [0.1, 0.15) is 5.75 Å². The van der Waals surface area contributed by atoms with Crippen LogP contribution in [0.15, 0.2) is 85.2 Å². The molecule has 0 saturated heterocycles. The van der Waals surface area contributed by atoms with E-state index in [-0.39, 0.29) is 5.91 Å². The predicted octanol–water partition coefficient (Wildman–Crippen LogP) is 4.46. The second kappa shape index (κ2) is 12.9. The fourth-order valence-corrected chi connectivity index (χ4v) is 5.82. The second-order valence-electron chi connectivity index (χ2n) is 12.1. The highest BCUT2D eigenvalue weighted by Gasteiger charge is 2.31. The number of amides is 2. The molecule has 0 fully saturated rings. The van der Waals surface area contributed by atoms with E-state index < -0.39 is 17.6 Å². The van der Waals surface area contributed by atoms with Gasteiger partial charge in [0.05, 0.1) is 31.3 Å². The number of aromatic amines is 2. The lowest BCUT2D eigenvalue weighted by molar-refractivity contribution is -0.126. The number of H-pyrrole nitrogens is 2. The number of nitrogens with two attached hydrogens (primary N) is 1. The Kier molecular flexibility index (Phi) is 8.58. The molecule has 3 aromatic carbocycles. The van der Waals surface area contributed by atoms with Gasteiger partial charge in [-0.1, -0.05) is 48.5 Å². The lowest BCUT2D eigenvalue weighted by Crippen LogP contribution is -2.50. The van der Waals surface area contributed by atoms with Crippen LogP contribution in [0.4, 0.5) is 0 Å². The Morgan fingerprint density at radius 3 is 1.98 bits per heavy atom. The van der Waals surface area contributed by atoms with Gasteiger partial charge in [0.15, 0.2) is 11.6 Å². The van der Waals surface area contributed by atoms with E-state index in [2.05, 4.69) is 25.7 Å². The highest BCUT2D eigenvalue weighted by atomic mass is 16.5. The Balaban J connectivity index is 1.45. The number of rotatable bonds is 13. The van der Waals surface area contributed by atoms with Crippen LogP contribution in [0, 0.1) is 0 Å². The largest absolute Gasteiger partial charge is 0.497 e. The molecule has 236 valence electrons. The number of hydrogen-bond donors (Lipinski definition) is 5. The standard InChI is InChI=1S/C35H38N8O3/c1-35(2,36)34(45)40-31(17-24-19-38-29-11-7-5-9-27(24)29)33-42-41-32(43(33)20-22-12-14-25(46-3)15-13-22)30(39-21-44)16-23-18-37-28-10-6-4-8-26(23)28/h4-15,18-19,21,30-31,37-38H,16-17,20,36H2,1-3H3,(H,39,44)(H,40,45). The van der Waals surface area contributed by atoms with E-state index in [1.807, 2.05) is 89.8 Å². The van der Waals surface area contributed by atoms with Crippen LogP contribution in [0.2, 0.25) is 0 Å². The summed E-state index contributed by atoms with van der Waals surface area (Å²) in [6.07, 6.45) is 5.50. The van der Waals surface area contributed by atoms with Crippen LogP contribution in [0.3, 0.4) is 0 Å². The number of para-hydroxylation sites is 2. The average Bonchev–Trinajstić information content (AvgIpc) is 3.78. The molecule has 0 saturated carbocycles. The van der Waals surface area contributed by atoms with E-state index >= 15 is 0 Å². The molecule has 6 rings (SSSR count). The Morgan fingerprint density at radius 1 is 0.891 bits per heavy atom. The number of ether oxygens (including phenoxy) is 1. The van der Waals surface area contributed by atoms with Crippen LogP contribution >= 0.6 is 0 Å². The first kappa shape index (κ1) is 30.6. The Morgan fingerprint density at radius 2 is 1.43 bits per heavy atom. The van der Waals surface area contributed by atoms with Crippen molar-refractivity contribution in [2.24, 2.45) is 5.73 Å². The summed E-state index contributed by atoms with van der Waals surface area (Å²) in [5, 5.41) is 17.6. The zero-order valence-electron chi connectivity index (χ0n) is 26.1. The molecule has 3 aromatic heterocycles. The minimum atomic E-state index is -1.13. The van der Waals surface area contributed by atoms with E-state index in [9.17, 15) is 9.59 Å². The molecular formula is C35H38N8O3. The molecule has 0 bridgehead atoms. The third-order valence-corrected chi connectivity index (χ3v) is 8.29. The molecule has 0 aliphatic carbocycles. The number of benzene rings is 3. The zero-order valence-corrected chi connectivity index (χ0v) is 26.1. The minimum Gasteiger partial charge on any atom is -0.497 e. The van der Waals surface area contributed by atoms with Crippen LogP contribution in [-0.2, 0) is 29.0 Å². The SMILES string of the molecule is COc1ccc(Cn2c(C(Cc3c[nH]c4ccccc34)NC=O)nnc2C(Cc2c[nH]c3ccccc23)NC(=O)C(C)(C)N)cc1. The topological polar surface area (TPSA) is 156 Å². The molecule has 11 heteroatoms. The van der Waals surface area contributed by atoms with Gasteiger partial charge in [-0.3, -0.25) is 9.59 Å². The van der Waals surface area contributed by atoms with Crippen LogP contribution in [0.1, 0.15) is 54.3 Å². The van der Waals surface area contributed by atoms with Gasteiger partial charge in [-0.2, -0.15) is 0 Å². The van der Waals surface area contributed by atoms with Gasteiger partial charge in [-0.15, -0.1) is 10.2 Å². The molecular weight excluding hydrogens is 580 g/mol. The van der Waals surface area contributed by atoms with Crippen molar-refractivity contribution in [3.05, 3.63) is 114 Å². The van der Waals surface area contributed by atoms with Crippen molar-refractivity contribution in [3.63, 3.8) is 0 Å². The fourth-order valence-electron chi connectivity index (χ4n) is 5.82. The van der Waals surface area contributed by atoms with Crippen molar-refractivity contribution >= 4 is 34.1 Å². The molecule has 11 nitrogen and oxygen atoms in total. The maximum atomic E-state index is 13.4. The van der Waals surface area contributed by atoms with Gasteiger partial charge in [0.2, 0.25) is 12.3 Å². The smallest absolute Gasteiger partial charge is 0.240 e. The molecule has 2 unspecified atom stereocenters. The summed E-state index contributed by atoms with van der Waals surface area (Å²) < 4.78 is 7.37. The summed E-state index contributed by atoms with van der Waals surface area (Å²) in [5.74, 6) is 1.53. The molecule has 0 aliphatic heterocycles. The Bertz CT molecular complexity index is 1970. The molecule has 46 heavy (non-hydrogen) atoms. The number of fused-ring (bicyclic) bond motifs is 2. The monoisotopic (exact) mass is 618 g/mol. The number of methoxy groups -OCH3 is 1. The van der Waals surface area contributed by atoms with Crippen LogP contribution in [0.25, 0.3) is 21.8 Å². The predicted molar refractivity (Wildman–Crippen MR) is 177 cm³/mol. The number of nitrogens with one attached hydrogen (secondary N) is 4. The fraction of sp³-hybridized carbons (Fsp3) is 0.257. The molecule has 6 aromatic rings. The first-order valence-corrected chi connectivity index (χ1v) is 15.2. The number of aromatic nitrogens is 5. The van der Waals surface area contributed by atoms with Gasteiger partial charge in [0.25, 0.3) is 0 Å². The van der Waals surface area contributed by atoms with Gasteiger partial charge < -0.3 is 35.6 Å². The van der Waals surface area contributed by atoms with Crippen molar-refractivity contribution < 1.29 is 14.3 Å². The summed E-state index contributed by atoms with van der Waals surface area (Å²) in [6, 6.07) is 22.7. The van der Waals surface area contributed by atoms with Crippen molar-refractivity contribution in [3.8, 4) is 5.75 Å². The lowest BCUT2D eigenvalue weighted by Gasteiger charge is -2.25. The molecule has 0 spiro atoms. The second-order valence-corrected chi connectivity index (χ2v) is 12.1. The molecule has 3 heterocycles. The maximum absolute atomic E-state index is 13.4. The third kappa shape index (κ3) is 6.36. The summed E-state index contributed by atoms with van der Waals surface area (Å²) in [4.78, 5) is 32.0. The first-order valence-electron chi connectivity index (χ1n) is 15.2. The normalized spacial score (nSPS) is 13.0. The number of carbonyl (C=O) groups excluding carboxylic acids is 2. The van der Waals surface area contributed by atoms with Gasteiger partial charge in [-0.25, -0.2) is 0 Å². The molecule has 0 radical (unpaired) electrons. The van der Waals surface area contributed by atoms with Crippen molar-refractivity contribution in [1.29, 1.82) is 0 Å². The van der Waals surface area contributed by atoms with E-state index in [1.54, 1.807) is 21.0 Å². The quantitative estimate of drug-likeness (QED) is 0.120. The van der Waals surface area contributed by atoms with Crippen LogP contribution in [0.5, 0.6) is 5.75 Å². The van der Waals surface area contributed by atoms with Gasteiger partial charge in [0, 0.05) is 47.0 Å². The van der Waals surface area contributed by atoms with Crippen LogP contribution in [-0.4, -0.2) is 49.7 Å². The Labute approximate surface area is 266 Å². The highest BCUT2D eigenvalue weighted by molar-refractivity contribution is 5.86. The van der Waals surface area contributed by atoms with E-state index in [0.29, 0.717) is 37.4 Å². The first-order chi connectivity index (χ1) is 22.2. The summed E-state index contributed by atoms with van der Waals surface area (Å²) in [5.41, 5.74) is 10.1. The number of hydrogen-bond acceptors (Lipinski definition) is 6. The highest BCUT2D eigenvalue weighted by Crippen LogP contribution is 2.29. The van der Waals surface area contributed by atoms with E-state index in [4.69, 9.17) is 15.6 Å². The van der Waals surface area contributed by atoms with Gasteiger partial charge >= 0.3 is 0 Å². The lowest BCUT2D eigenvalue weighted by atomic mass is 10.0. The third-order valence-electron chi connectivity index (χ3n) is 8.29. The molecule has 2 atom stereocenters. The minimum absolute atomic E-state index is 0.320. The molecule has 6 N–H and O–H groups in total.